The van der Waals surface area contributed by atoms with E-state index in [-0.39, 0.29) is 29.3 Å². The molecule has 1 N–H and O–H groups in total. The summed E-state index contributed by atoms with van der Waals surface area (Å²) in [5.41, 5.74) is 1.21. The number of nitrogens with zero attached hydrogens (tertiary/aromatic N) is 1. The van der Waals surface area contributed by atoms with E-state index in [1.54, 1.807) is 38.1 Å². The number of phenolic OH excluding ortho intramolecular Hbond substituents is 1. The summed E-state index contributed by atoms with van der Waals surface area (Å²) in [6.07, 6.45) is 3.05. The van der Waals surface area contributed by atoms with Gasteiger partial charge in [0.1, 0.15) is 0 Å². The third-order valence-electron chi connectivity index (χ3n) is 3.84. The van der Waals surface area contributed by atoms with E-state index in [2.05, 4.69) is 6.58 Å². The Morgan fingerprint density at radius 3 is 2.72 bits per heavy atom. The number of rotatable bonds is 6. The van der Waals surface area contributed by atoms with Crippen molar-refractivity contribution < 1.29 is 24.2 Å². The lowest BCUT2D eigenvalue weighted by Crippen LogP contribution is -2.24. The Balaban J connectivity index is 2.57. The fourth-order valence-electron chi connectivity index (χ4n) is 2.66. The number of carbonyl (C=O) groups excluding carboxylic acids is 2. The molecule has 2 rings (SSSR count). The van der Waals surface area contributed by atoms with Crippen LogP contribution in [0.1, 0.15) is 19.4 Å². The molecular weight excluding hydrogens is 322 g/mol. The van der Waals surface area contributed by atoms with E-state index >= 15 is 0 Å². The fourth-order valence-corrected chi connectivity index (χ4v) is 2.66. The Labute approximate surface area is 146 Å². The molecule has 6 nitrogen and oxygen atoms in total. The molecule has 0 spiro atoms. The van der Waals surface area contributed by atoms with E-state index in [1.165, 1.54) is 18.1 Å². The highest BCUT2D eigenvalue weighted by Gasteiger charge is 2.36. The lowest BCUT2D eigenvalue weighted by molar-refractivity contribution is -0.136. The van der Waals surface area contributed by atoms with Gasteiger partial charge >= 0.3 is 5.97 Å². The Morgan fingerprint density at radius 2 is 2.12 bits per heavy atom. The molecule has 0 unspecified atom stereocenters. The van der Waals surface area contributed by atoms with Gasteiger partial charge in [0.25, 0.3) is 5.91 Å². The van der Waals surface area contributed by atoms with Gasteiger partial charge in [-0.05, 0) is 26.0 Å². The molecule has 0 fully saturated rings. The normalized spacial score (nSPS) is 15.7. The summed E-state index contributed by atoms with van der Waals surface area (Å²) in [5, 5.41) is 10.3. The standard InChI is InChI=1S/C19H21NO5/c1-5-10-20-12(3)16(19(23)24-4)14(18(20)22)11-13-8-7-9-15(17(13)21)25-6-2/h5,7-9,11,21H,1,6,10H2,2-4H3/b14-11-. The number of allylic oxidation sites excluding steroid dienone is 1. The third kappa shape index (κ3) is 3.42. The first-order valence-corrected chi connectivity index (χ1v) is 7.85. The van der Waals surface area contributed by atoms with Crippen LogP contribution in [0.2, 0.25) is 0 Å². The van der Waals surface area contributed by atoms with Crippen LogP contribution in [0, 0.1) is 0 Å². The second-order valence-electron chi connectivity index (χ2n) is 5.34. The van der Waals surface area contributed by atoms with Crippen LogP contribution in [0.25, 0.3) is 6.08 Å². The Hall–Kier alpha value is -3.02. The van der Waals surface area contributed by atoms with E-state index in [9.17, 15) is 14.7 Å². The molecule has 1 aliphatic heterocycles. The first-order valence-electron chi connectivity index (χ1n) is 7.85. The van der Waals surface area contributed by atoms with Gasteiger partial charge in [-0.3, -0.25) is 4.79 Å². The Kier molecular flexibility index (Phi) is 5.64. The van der Waals surface area contributed by atoms with Crippen LogP contribution in [0.5, 0.6) is 11.5 Å². The topological polar surface area (TPSA) is 76.1 Å². The first-order chi connectivity index (χ1) is 12.0. The fraction of sp³-hybridized carbons (Fsp3) is 0.263. The van der Waals surface area contributed by atoms with Gasteiger partial charge in [0.15, 0.2) is 11.5 Å². The van der Waals surface area contributed by atoms with Crippen molar-refractivity contribution in [1.82, 2.24) is 4.90 Å². The number of esters is 1. The van der Waals surface area contributed by atoms with E-state index in [0.29, 0.717) is 23.6 Å². The van der Waals surface area contributed by atoms with Gasteiger partial charge in [0.2, 0.25) is 0 Å². The largest absolute Gasteiger partial charge is 0.504 e. The van der Waals surface area contributed by atoms with Crippen LogP contribution in [-0.2, 0) is 14.3 Å². The maximum absolute atomic E-state index is 12.7. The molecular formula is C19H21NO5. The molecule has 1 aliphatic rings. The number of hydrogen-bond donors (Lipinski definition) is 1. The summed E-state index contributed by atoms with van der Waals surface area (Å²) in [7, 11) is 1.26. The van der Waals surface area contributed by atoms with Crippen LogP contribution < -0.4 is 4.74 Å². The second kappa shape index (κ2) is 7.70. The average Bonchev–Trinajstić information content (AvgIpc) is 2.83. The monoisotopic (exact) mass is 343 g/mol. The van der Waals surface area contributed by atoms with Crippen molar-refractivity contribution in [2.75, 3.05) is 20.3 Å². The zero-order valence-electron chi connectivity index (χ0n) is 14.5. The Morgan fingerprint density at radius 1 is 1.40 bits per heavy atom. The molecule has 0 aromatic heterocycles. The highest BCUT2D eigenvalue weighted by Crippen LogP contribution is 2.36. The van der Waals surface area contributed by atoms with Crippen molar-refractivity contribution in [3.8, 4) is 11.5 Å². The van der Waals surface area contributed by atoms with Crippen molar-refractivity contribution in [2.24, 2.45) is 0 Å². The summed E-state index contributed by atoms with van der Waals surface area (Å²) < 4.78 is 10.2. The van der Waals surface area contributed by atoms with E-state index in [0.717, 1.165) is 0 Å². The van der Waals surface area contributed by atoms with Crippen molar-refractivity contribution >= 4 is 18.0 Å². The average molecular weight is 343 g/mol. The molecule has 6 heteroatoms. The maximum Gasteiger partial charge on any atom is 0.340 e. The predicted octanol–water partition coefficient (Wildman–Crippen LogP) is 2.65. The highest BCUT2D eigenvalue weighted by molar-refractivity contribution is 6.16. The summed E-state index contributed by atoms with van der Waals surface area (Å²) in [4.78, 5) is 26.3. The van der Waals surface area contributed by atoms with Gasteiger partial charge in [0, 0.05) is 17.8 Å². The number of methoxy groups -OCH3 is 1. The number of aromatic hydroxyl groups is 1. The summed E-state index contributed by atoms with van der Waals surface area (Å²) in [5.74, 6) is -0.734. The molecule has 1 heterocycles. The minimum atomic E-state index is -0.607. The molecule has 1 amide bonds. The van der Waals surface area contributed by atoms with Gasteiger partial charge in [-0.25, -0.2) is 4.79 Å². The SMILES string of the molecule is C=CCN1C(=O)/C(=C\c2cccc(OCC)c2O)C(C(=O)OC)=C1C. The van der Waals surface area contributed by atoms with Crippen molar-refractivity contribution in [1.29, 1.82) is 0 Å². The number of phenols is 1. The first kappa shape index (κ1) is 18.3. The van der Waals surface area contributed by atoms with Crippen LogP contribution in [0.4, 0.5) is 0 Å². The van der Waals surface area contributed by atoms with Crippen molar-refractivity contribution in [2.45, 2.75) is 13.8 Å². The van der Waals surface area contributed by atoms with Crippen molar-refractivity contribution in [3.05, 3.63) is 53.3 Å². The summed E-state index contributed by atoms with van der Waals surface area (Å²) >= 11 is 0. The molecule has 0 saturated carbocycles. The van der Waals surface area contributed by atoms with Gasteiger partial charge in [-0.1, -0.05) is 18.2 Å². The number of hydrogen-bond acceptors (Lipinski definition) is 5. The lowest BCUT2D eigenvalue weighted by atomic mass is 10.0. The number of para-hydroxylation sites is 1. The van der Waals surface area contributed by atoms with Gasteiger partial charge in [0.05, 0.1) is 24.9 Å². The molecule has 0 saturated heterocycles. The Bertz CT molecular complexity index is 776. The number of amides is 1. The quantitative estimate of drug-likeness (QED) is 0.488. The number of benzene rings is 1. The second-order valence-corrected chi connectivity index (χ2v) is 5.34. The number of ether oxygens (including phenoxy) is 2. The van der Waals surface area contributed by atoms with E-state index in [4.69, 9.17) is 9.47 Å². The van der Waals surface area contributed by atoms with E-state index in [1.807, 2.05) is 0 Å². The van der Waals surface area contributed by atoms with E-state index < -0.39 is 5.97 Å². The molecule has 0 radical (unpaired) electrons. The third-order valence-corrected chi connectivity index (χ3v) is 3.84. The molecule has 1 aromatic rings. The minimum Gasteiger partial charge on any atom is -0.504 e. The van der Waals surface area contributed by atoms with Crippen molar-refractivity contribution in [3.63, 3.8) is 0 Å². The smallest absolute Gasteiger partial charge is 0.340 e. The van der Waals surface area contributed by atoms with Gasteiger partial charge in [-0.15, -0.1) is 6.58 Å². The molecule has 0 aliphatic carbocycles. The predicted molar refractivity (Wildman–Crippen MR) is 93.9 cm³/mol. The maximum atomic E-state index is 12.7. The number of carbonyl (C=O) groups is 2. The summed E-state index contributed by atoms with van der Waals surface area (Å²) in [6, 6.07) is 4.97. The zero-order valence-corrected chi connectivity index (χ0v) is 14.5. The van der Waals surface area contributed by atoms with Crippen LogP contribution in [0.15, 0.2) is 47.7 Å². The zero-order chi connectivity index (χ0) is 18.6. The molecule has 0 bridgehead atoms. The molecule has 1 aromatic carbocycles. The van der Waals surface area contributed by atoms with Crippen LogP contribution in [0.3, 0.4) is 0 Å². The molecule has 25 heavy (non-hydrogen) atoms. The van der Waals surface area contributed by atoms with Crippen LogP contribution >= 0.6 is 0 Å². The minimum absolute atomic E-state index is 0.0892. The molecule has 132 valence electrons. The molecule has 0 atom stereocenters. The van der Waals surface area contributed by atoms with Crippen LogP contribution in [-0.4, -0.2) is 42.1 Å². The van der Waals surface area contributed by atoms with Gasteiger partial charge < -0.3 is 19.5 Å². The highest BCUT2D eigenvalue weighted by atomic mass is 16.5. The van der Waals surface area contributed by atoms with Gasteiger partial charge in [-0.2, -0.15) is 0 Å². The lowest BCUT2D eigenvalue weighted by Gasteiger charge is -2.14. The summed E-state index contributed by atoms with van der Waals surface area (Å²) in [6.45, 7) is 7.77.